The second kappa shape index (κ2) is 29.0. The molecule has 344 valence electrons. The zero-order valence-electron chi connectivity index (χ0n) is 35.2. The van der Waals surface area contributed by atoms with E-state index >= 15 is 0 Å². The van der Waals surface area contributed by atoms with Gasteiger partial charge in [0.05, 0.1) is 67.1 Å². The molecule has 16 unspecified atom stereocenters. The first kappa shape index (κ1) is 53.6. The van der Waals surface area contributed by atoms with E-state index in [1.165, 1.54) is 25.2 Å². The van der Waals surface area contributed by atoms with E-state index in [-0.39, 0.29) is 63.6 Å². The number of carbonyl (C=O) groups excluding carboxylic acids is 1. The molecule has 0 amide bonds. The molecule has 16 atom stereocenters. The van der Waals surface area contributed by atoms with Crippen molar-refractivity contribution in [3.63, 3.8) is 0 Å². The Balaban J connectivity index is 1.61. The van der Waals surface area contributed by atoms with Crippen LogP contribution in [0.25, 0.3) is 0 Å². The molecule has 0 aliphatic carbocycles. The smallest absolute Gasteiger partial charge is 0.186 e. The minimum Gasteiger partial charge on any atom is -0.393 e. The Bertz CT molecular complexity index is 1380. The average Bonchev–Trinajstić information content (AvgIpc) is 3.17. The standard InChI is InChI=1S/C44H73NO15/c1-4-40(60-44-43(58)42(57)41(56)28(3)59-44)27(2)39(55)25-38(54)24-37(53)22-33(49)16-9-15-32(48)21-36(52)23-35(51)20-31(47)14-8-13-30(46)19-34(50)17-10-18-45-26-29-11-6-5-7-12-29/h5-9,11-12,14,16,26-28,30-38,40-44,46-54,56-58H,4,10,13,15,17-25H2,1-3H3/b14-8+,16-9+,45-26?. The first-order valence-corrected chi connectivity index (χ1v) is 21.3. The first-order chi connectivity index (χ1) is 28.4. The number of Topliss-reactive ketones (excluding diaryl/α,β-unsaturated/α-hetero) is 1. The molecule has 1 saturated heterocycles. The predicted molar refractivity (Wildman–Crippen MR) is 224 cm³/mol. The second-order valence-corrected chi connectivity index (χ2v) is 16.3. The maximum absolute atomic E-state index is 12.9. The highest BCUT2D eigenvalue weighted by Crippen LogP contribution is 2.26. The lowest BCUT2D eigenvalue weighted by Crippen LogP contribution is -2.58. The highest BCUT2D eigenvalue weighted by molar-refractivity contribution is 5.81. The van der Waals surface area contributed by atoms with E-state index in [1.807, 2.05) is 30.3 Å². The Labute approximate surface area is 354 Å². The van der Waals surface area contributed by atoms with Gasteiger partial charge in [0.2, 0.25) is 0 Å². The van der Waals surface area contributed by atoms with E-state index in [1.54, 1.807) is 26.1 Å². The molecule has 0 radical (unpaired) electrons. The van der Waals surface area contributed by atoms with Crippen molar-refractivity contribution in [2.24, 2.45) is 10.9 Å². The lowest BCUT2D eigenvalue weighted by molar-refractivity contribution is -0.306. The summed E-state index contributed by atoms with van der Waals surface area (Å²) >= 11 is 0. The van der Waals surface area contributed by atoms with Gasteiger partial charge in [0.15, 0.2) is 6.29 Å². The van der Waals surface area contributed by atoms with Crippen molar-refractivity contribution in [3.05, 3.63) is 60.2 Å². The van der Waals surface area contributed by atoms with Crippen LogP contribution in [-0.2, 0) is 14.3 Å². The van der Waals surface area contributed by atoms with Crippen molar-refractivity contribution in [1.29, 1.82) is 0 Å². The number of carbonyl (C=O) groups is 1. The van der Waals surface area contributed by atoms with Gasteiger partial charge in [-0.1, -0.05) is 68.5 Å². The monoisotopic (exact) mass is 855 g/mol. The van der Waals surface area contributed by atoms with Crippen LogP contribution in [0, 0.1) is 5.92 Å². The van der Waals surface area contributed by atoms with Gasteiger partial charge in [-0.15, -0.1) is 0 Å². The molecule has 2 rings (SSSR count). The van der Waals surface area contributed by atoms with Gasteiger partial charge in [-0.05, 0) is 70.3 Å². The van der Waals surface area contributed by atoms with Gasteiger partial charge in [0.25, 0.3) is 0 Å². The van der Waals surface area contributed by atoms with Crippen LogP contribution in [0.3, 0.4) is 0 Å². The van der Waals surface area contributed by atoms with Crippen molar-refractivity contribution in [1.82, 2.24) is 0 Å². The molecule has 0 saturated carbocycles. The fourth-order valence-electron chi connectivity index (χ4n) is 7.06. The third kappa shape index (κ3) is 21.5. The highest BCUT2D eigenvalue weighted by atomic mass is 16.7. The summed E-state index contributed by atoms with van der Waals surface area (Å²) in [7, 11) is 0. The van der Waals surface area contributed by atoms with Gasteiger partial charge >= 0.3 is 0 Å². The SMILES string of the molecule is CCC(OC1OC(C)C(O)C(O)C1O)C(C)C(=O)CC(O)CC(O)CC(O)/C=C/CC(O)CC(O)CC(O)CC(O)/C=C/CC(O)CC(O)CCCN=Cc1ccccc1. The van der Waals surface area contributed by atoms with Crippen LogP contribution in [-0.4, -0.2) is 172 Å². The number of nitrogens with zero attached hydrogens (tertiary/aromatic N) is 1. The predicted octanol–water partition coefficient (Wildman–Crippen LogP) is 0.585. The van der Waals surface area contributed by atoms with Crippen molar-refractivity contribution < 1.29 is 75.5 Å². The molecule has 16 heteroatoms. The quantitative estimate of drug-likeness (QED) is 0.0287. The van der Waals surface area contributed by atoms with Crippen LogP contribution in [0.5, 0.6) is 0 Å². The van der Waals surface area contributed by atoms with Crippen LogP contribution >= 0.6 is 0 Å². The molecule has 0 bridgehead atoms. The average molecular weight is 856 g/mol. The van der Waals surface area contributed by atoms with Crippen molar-refractivity contribution in [2.75, 3.05) is 6.54 Å². The van der Waals surface area contributed by atoms with Crippen LogP contribution in [0.4, 0.5) is 0 Å². The topological polar surface area (TPSA) is 291 Å². The van der Waals surface area contributed by atoms with Gasteiger partial charge in [0, 0.05) is 37.9 Å². The third-order valence-electron chi connectivity index (χ3n) is 10.6. The van der Waals surface area contributed by atoms with E-state index in [0.717, 1.165) is 5.56 Å². The van der Waals surface area contributed by atoms with Crippen LogP contribution in [0.2, 0.25) is 0 Å². The van der Waals surface area contributed by atoms with Gasteiger partial charge in [-0.2, -0.15) is 0 Å². The van der Waals surface area contributed by atoms with Crippen molar-refractivity contribution >= 4 is 12.0 Å². The molecule has 12 N–H and O–H groups in total. The largest absolute Gasteiger partial charge is 0.393 e. The van der Waals surface area contributed by atoms with Gasteiger partial charge < -0.3 is 70.8 Å². The number of benzene rings is 1. The van der Waals surface area contributed by atoms with Crippen molar-refractivity contribution in [2.45, 2.75) is 190 Å². The minimum absolute atomic E-state index is 0.0575. The minimum atomic E-state index is -1.53. The number of aliphatic hydroxyl groups excluding tert-OH is 12. The van der Waals surface area contributed by atoms with Crippen LogP contribution in [0.15, 0.2) is 59.6 Å². The van der Waals surface area contributed by atoms with E-state index in [4.69, 9.17) is 9.47 Å². The number of aliphatic hydroxyl groups is 12. The first-order valence-electron chi connectivity index (χ1n) is 21.3. The zero-order valence-corrected chi connectivity index (χ0v) is 35.2. The summed E-state index contributed by atoms with van der Waals surface area (Å²) in [5.41, 5.74) is 1.00. The number of hydrogen-bond acceptors (Lipinski definition) is 16. The van der Waals surface area contributed by atoms with Gasteiger partial charge in [0.1, 0.15) is 24.1 Å². The van der Waals surface area contributed by atoms with E-state index < -0.39 is 97.7 Å². The van der Waals surface area contributed by atoms with Crippen molar-refractivity contribution in [3.8, 4) is 0 Å². The Morgan fingerprint density at radius 1 is 0.717 bits per heavy atom. The molecule has 1 heterocycles. The summed E-state index contributed by atoms with van der Waals surface area (Å²) in [6, 6.07) is 9.69. The zero-order chi connectivity index (χ0) is 44.8. The summed E-state index contributed by atoms with van der Waals surface area (Å²) in [6.07, 6.45) is -7.69. The molecule has 0 spiro atoms. The maximum atomic E-state index is 12.9. The molecule has 1 fully saturated rings. The van der Waals surface area contributed by atoms with Crippen LogP contribution in [0.1, 0.15) is 103 Å². The number of aliphatic imine (C=N–C) groups is 1. The second-order valence-electron chi connectivity index (χ2n) is 16.3. The van der Waals surface area contributed by atoms with Gasteiger partial charge in [-0.25, -0.2) is 0 Å². The molecule has 1 aliphatic rings. The summed E-state index contributed by atoms with van der Waals surface area (Å²) in [5.74, 6) is -1.11. The van der Waals surface area contributed by atoms with Gasteiger partial charge in [-0.3, -0.25) is 9.79 Å². The summed E-state index contributed by atoms with van der Waals surface area (Å²) in [4.78, 5) is 17.3. The Morgan fingerprint density at radius 2 is 1.23 bits per heavy atom. The lowest BCUT2D eigenvalue weighted by Gasteiger charge is -2.40. The van der Waals surface area contributed by atoms with E-state index in [0.29, 0.717) is 25.8 Å². The summed E-state index contributed by atoms with van der Waals surface area (Å²) in [6.45, 7) is 5.43. The molecule has 60 heavy (non-hydrogen) atoms. The summed E-state index contributed by atoms with van der Waals surface area (Å²) in [5, 5.41) is 123. The number of ketones is 1. The summed E-state index contributed by atoms with van der Waals surface area (Å²) < 4.78 is 11.3. The number of rotatable bonds is 30. The lowest BCUT2D eigenvalue weighted by atomic mass is 9.91. The number of ether oxygens (including phenoxy) is 2. The third-order valence-corrected chi connectivity index (χ3v) is 10.6. The molecule has 1 aromatic rings. The Hall–Kier alpha value is -2.52. The fourth-order valence-corrected chi connectivity index (χ4v) is 7.06. The number of hydrogen-bond donors (Lipinski definition) is 12. The Kier molecular flexibility index (Phi) is 25.9. The van der Waals surface area contributed by atoms with E-state index in [2.05, 4.69) is 4.99 Å². The fraction of sp³-hybridized carbons (Fsp3) is 0.727. The molecular formula is C44H73NO15. The van der Waals surface area contributed by atoms with Crippen LogP contribution < -0.4 is 0 Å². The molecular weight excluding hydrogens is 782 g/mol. The normalized spacial score (nSPS) is 25.8. The van der Waals surface area contributed by atoms with E-state index in [9.17, 15) is 66.1 Å². The highest BCUT2D eigenvalue weighted by Gasteiger charge is 2.44. The molecule has 16 nitrogen and oxygen atoms in total. The molecule has 1 aromatic carbocycles. The maximum Gasteiger partial charge on any atom is 0.186 e. The molecule has 0 aromatic heterocycles. The Morgan fingerprint density at radius 3 is 1.80 bits per heavy atom. The molecule has 1 aliphatic heterocycles.